The zero-order valence-corrected chi connectivity index (χ0v) is 22.1. The van der Waals surface area contributed by atoms with Gasteiger partial charge in [-0.2, -0.15) is 13.2 Å². The van der Waals surface area contributed by atoms with Crippen LogP contribution in [0.1, 0.15) is 71.8 Å². The summed E-state index contributed by atoms with van der Waals surface area (Å²) in [5.41, 5.74) is -1.70. The average Bonchev–Trinajstić information content (AvgIpc) is 3.54. The molecule has 40 heavy (non-hydrogen) atoms. The fourth-order valence-corrected chi connectivity index (χ4v) is 5.72. The minimum Gasteiger partial charge on any atom is -0.393 e. The number of nitrogens with one attached hydrogen (secondary N) is 2. The molecule has 4 rings (SSSR count). The lowest BCUT2D eigenvalue weighted by molar-refractivity contribution is -0.138. The SMILES string of the molecule is CC(Nc1cc(C(F)F)c(-c2sc(C(=O)N[C@H]3CC[C@H](O)C3)nc2C(=O)N2CC(F)(F)C[C@@H]2C)cn1)C(F)(F)F. The lowest BCUT2D eigenvalue weighted by Gasteiger charge is -2.21. The highest BCUT2D eigenvalue weighted by Crippen LogP contribution is 2.40. The van der Waals surface area contributed by atoms with Crippen molar-refractivity contribution in [3.05, 3.63) is 28.5 Å². The molecule has 0 aromatic carbocycles. The molecule has 220 valence electrons. The van der Waals surface area contributed by atoms with Crippen LogP contribution in [0.15, 0.2) is 12.3 Å². The van der Waals surface area contributed by atoms with Gasteiger partial charge in [0.25, 0.3) is 24.2 Å². The van der Waals surface area contributed by atoms with Crippen LogP contribution < -0.4 is 10.6 Å². The molecule has 16 heteroatoms. The number of aromatic nitrogens is 2. The first-order chi connectivity index (χ1) is 18.6. The van der Waals surface area contributed by atoms with Crippen LogP contribution in [0.2, 0.25) is 0 Å². The van der Waals surface area contributed by atoms with Crippen molar-refractivity contribution in [2.24, 2.45) is 0 Å². The third kappa shape index (κ3) is 6.48. The molecule has 4 atom stereocenters. The molecule has 3 heterocycles. The molecule has 0 spiro atoms. The zero-order chi connectivity index (χ0) is 29.6. The maximum Gasteiger partial charge on any atom is 0.408 e. The molecule has 1 aliphatic heterocycles. The number of aliphatic hydroxyl groups is 1. The second-order valence-corrected chi connectivity index (χ2v) is 11.0. The molecule has 1 saturated carbocycles. The number of pyridine rings is 1. The Bertz CT molecular complexity index is 1270. The van der Waals surface area contributed by atoms with E-state index in [2.05, 4.69) is 15.3 Å². The highest BCUT2D eigenvalue weighted by Gasteiger charge is 2.46. The average molecular weight is 598 g/mol. The van der Waals surface area contributed by atoms with E-state index >= 15 is 0 Å². The van der Waals surface area contributed by atoms with Crippen molar-refractivity contribution in [2.45, 2.75) is 82.3 Å². The van der Waals surface area contributed by atoms with Gasteiger partial charge in [0.2, 0.25) is 0 Å². The van der Waals surface area contributed by atoms with E-state index in [1.54, 1.807) is 0 Å². The summed E-state index contributed by atoms with van der Waals surface area (Å²) >= 11 is 0.554. The number of carbonyl (C=O) groups is 2. The third-order valence-corrected chi connectivity index (χ3v) is 7.91. The number of thiazole rings is 1. The van der Waals surface area contributed by atoms with Gasteiger partial charge < -0.3 is 20.6 Å². The summed E-state index contributed by atoms with van der Waals surface area (Å²) in [6, 6.07) is -2.73. The summed E-state index contributed by atoms with van der Waals surface area (Å²) in [5, 5.41) is 14.1. The van der Waals surface area contributed by atoms with Gasteiger partial charge in [-0.25, -0.2) is 27.5 Å². The molecule has 0 radical (unpaired) electrons. The van der Waals surface area contributed by atoms with Gasteiger partial charge >= 0.3 is 6.18 Å². The first kappa shape index (κ1) is 30.0. The van der Waals surface area contributed by atoms with E-state index in [1.807, 2.05) is 5.32 Å². The molecule has 0 bridgehead atoms. The second kappa shape index (κ2) is 11.1. The number of amides is 2. The van der Waals surface area contributed by atoms with Crippen molar-refractivity contribution in [1.82, 2.24) is 20.2 Å². The Kier molecular flexibility index (Phi) is 8.32. The van der Waals surface area contributed by atoms with Crippen molar-refractivity contribution in [3.63, 3.8) is 0 Å². The van der Waals surface area contributed by atoms with Gasteiger partial charge in [0, 0.05) is 35.8 Å². The quantitative estimate of drug-likeness (QED) is 0.387. The van der Waals surface area contributed by atoms with Gasteiger partial charge in [-0.05, 0) is 39.2 Å². The number of alkyl halides is 7. The Balaban J connectivity index is 1.75. The van der Waals surface area contributed by atoms with Crippen LogP contribution >= 0.6 is 11.3 Å². The number of aliphatic hydroxyl groups excluding tert-OH is 1. The Morgan fingerprint density at radius 1 is 1.25 bits per heavy atom. The molecule has 1 aliphatic carbocycles. The molecule has 2 aromatic heterocycles. The summed E-state index contributed by atoms with van der Waals surface area (Å²) in [7, 11) is 0. The number of anilines is 1. The topological polar surface area (TPSA) is 107 Å². The maximum absolute atomic E-state index is 14.1. The second-order valence-electron chi connectivity index (χ2n) is 10.0. The first-order valence-corrected chi connectivity index (χ1v) is 13.2. The minimum atomic E-state index is -4.69. The number of likely N-dealkylation sites (tertiary alicyclic amines) is 1. The van der Waals surface area contributed by atoms with Crippen LogP contribution in [0.3, 0.4) is 0 Å². The van der Waals surface area contributed by atoms with Crippen LogP contribution in [0, 0.1) is 0 Å². The predicted molar refractivity (Wildman–Crippen MR) is 131 cm³/mol. The van der Waals surface area contributed by atoms with Crippen molar-refractivity contribution < 1.29 is 45.4 Å². The van der Waals surface area contributed by atoms with Gasteiger partial charge in [0.05, 0.1) is 17.5 Å². The monoisotopic (exact) mass is 597 g/mol. The maximum atomic E-state index is 14.1. The Hall–Kier alpha value is -3.01. The van der Waals surface area contributed by atoms with Crippen molar-refractivity contribution in [2.75, 3.05) is 11.9 Å². The number of hydrogen-bond donors (Lipinski definition) is 3. The molecule has 3 N–H and O–H groups in total. The Morgan fingerprint density at radius 2 is 1.95 bits per heavy atom. The van der Waals surface area contributed by atoms with Gasteiger partial charge in [-0.3, -0.25) is 9.59 Å². The number of carbonyl (C=O) groups excluding carboxylic acids is 2. The van der Waals surface area contributed by atoms with Crippen molar-refractivity contribution >= 4 is 29.0 Å². The van der Waals surface area contributed by atoms with E-state index in [4.69, 9.17) is 0 Å². The normalized spacial score (nSPS) is 23.5. The molecule has 2 amide bonds. The summed E-state index contributed by atoms with van der Waals surface area (Å²) in [6.07, 6.45) is -7.13. The van der Waals surface area contributed by atoms with E-state index in [1.165, 1.54) is 6.92 Å². The zero-order valence-electron chi connectivity index (χ0n) is 21.2. The van der Waals surface area contributed by atoms with Gasteiger partial charge in [0.15, 0.2) is 5.01 Å². The number of hydrogen-bond acceptors (Lipinski definition) is 7. The molecular formula is C24H26F7N5O3S. The summed E-state index contributed by atoms with van der Waals surface area (Å²) in [6.45, 7) is 1.22. The smallest absolute Gasteiger partial charge is 0.393 e. The number of halogens is 7. The van der Waals surface area contributed by atoms with Gasteiger partial charge in [0.1, 0.15) is 17.6 Å². The number of rotatable bonds is 7. The molecule has 2 fully saturated rings. The van der Waals surface area contributed by atoms with Gasteiger partial charge in [-0.1, -0.05) is 0 Å². The minimum absolute atomic E-state index is 0.262. The highest BCUT2D eigenvalue weighted by molar-refractivity contribution is 7.17. The Labute approximate surface area is 228 Å². The Morgan fingerprint density at radius 3 is 2.50 bits per heavy atom. The van der Waals surface area contributed by atoms with Crippen LogP contribution in [0.25, 0.3) is 10.4 Å². The van der Waals surface area contributed by atoms with Crippen LogP contribution in [0.5, 0.6) is 0 Å². The third-order valence-electron chi connectivity index (χ3n) is 6.82. The summed E-state index contributed by atoms with van der Waals surface area (Å²) < 4.78 is 95.3. The van der Waals surface area contributed by atoms with E-state index in [-0.39, 0.29) is 21.9 Å². The van der Waals surface area contributed by atoms with E-state index in [9.17, 15) is 45.4 Å². The standard InChI is InChI=1S/C24H26F7N5O3S/c1-10-7-23(27,28)9-36(10)22(39)17-18(40-21(35-17)20(38)34-12-3-4-13(37)5-12)15-8-32-16(6-14(15)19(25)26)33-11(2)24(29,30)31/h6,8,10-13,19,37H,3-5,7,9H2,1-2H3,(H,32,33)(H,34,38)/t10-,11?,12-,13-/m0/s1. The molecule has 1 saturated heterocycles. The lowest BCUT2D eigenvalue weighted by Crippen LogP contribution is -2.36. The van der Waals surface area contributed by atoms with Gasteiger partial charge in [-0.15, -0.1) is 11.3 Å². The van der Waals surface area contributed by atoms with E-state index in [0.717, 1.165) is 18.0 Å². The lowest BCUT2D eigenvalue weighted by atomic mass is 10.1. The summed E-state index contributed by atoms with van der Waals surface area (Å²) in [5.74, 6) is -5.47. The molecule has 2 aliphatic rings. The molecular weight excluding hydrogens is 571 g/mol. The van der Waals surface area contributed by atoms with E-state index in [0.29, 0.717) is 30.2 Å². The predicted octanol–water partition coefficient (Wildman–Crippen LogP) is 5.02. The highest BCUT2D eigenvalue weighted by atomic mass is 32.1. The van der Waals surface area contributed by atoms with Crippen molar-refractivity contribution in [1.29, 1.82) is 0 Å². The van der Waals surface area contributed by atoms with Crippen LogP contribution in [-0.4, -0.2) is 74.7 Å². The number of nitrogens with zero attached hydrogens (tertiary/aromatic N) is 3. The fraction of sp³-hybridized carbons (Fsp3) is 0.583. The largest absolute Gasteiger partial charge is 0.408 e. The van der Waals surface area contributed by atoms with E-state index < -0.39 is 84.6 Å². The molecule has 1 unspecified atom stereocenters. The van der Waals surface area contributed by atoms with Crippen LogP contribution in [0.4, 0.5) is 36.6 Å². The molecule has 2 aromatic rings. The summed E-state index contributed by atoms with van der Waals surface area (Å²) in [4.78, 5) is 34.7. The first-order valence-electron chi connectivity index (χ1n) is 12.4. The van der Waals surface area contributed by atoms with Crippen LogP contribution in [-0.2, 0) is 0 Å². The van der Waals surface area contributed by atoms with Crippen molar-refractivity contribution in [3.8, 4) is 10.4 Å². The fourth-order valence-electron chi connectivity index (χ4n) is 4.72. The molecule has 8 nitrogen and oxygen atoms in total.